The second-order valence-corrected chi connectivity index (χ2v) is 8.68. The van der Waals surface area contributed by atoms with Gasteiger partial charge < -0.3 is 19.2 Å². The summed E-state index contributed by atoms with van der Waals surface area (Å²) in [5.41, 5.74) is 4.83. The smallest absolute Gasteiger partial charge is 0.255 e. The summed E-state index contributed by atoms with van der Waals surface area (Å²) in [4.78, 5) is 28.5. The second-order valence-electron chi connectivity index (χ2n) is 8.68. The zero-order chi connectivity index (χ0) is 23.3. The molecule has 2 amide bonds. The number of nitrogens with zero attached hydrogens (tertiary/aromatic N) is 2. The first kappa shape index (κ1) is 21.1. The maximum Gasteiger partial charge on any atom is 0.255 e. The number of hydrogen-bond acceptors (Lipinski definition) is 3. The van der Waals surface area contributed by atoms with E-state index >= 15 is 0 Å². The minimum absolute atomic E-state index is 0.126. The average Bonchev–Trinajstić information content (AvgIpc) is 3.45. The van der Waals surface area contributed by atoms with E-state index in [1.54, 1.807) is 11.8 Å². The number of para-hydroxylation sites is 1. The fourth-order valence-electron chi connectivity index (χ4n) is 4.95. The number of rotatable bonds is 5. The number of hydrogen-bond donors (Lipinski definition) is 1. The minimum Gasteiger partial charge on any atom is -0.465 e. The van der Waals surface area contributed by atoms with Gasteiger partial charge in [0, 0.05) is 34.8 Å². The molecule has 2 atom stereocenters. The van der Waals surface area contributed by atoms with Gasteiger partial charge in [-0.15, -0.1) is 0 Å². The Morgan fingerprint density at radius 3 is 2.55 bits per heavy atom. The molecule has 0 saturated carbocycles. The molecule has 33 heavy (non-hydrogen) atoms. The van der Waals surface area contributed by atoms with Crippen LogP contribution in [0, 0.1) is 13.8 Å². The Hall–Kier alpha value is -3.80. The third kappa shape index (κ3) is 3.33. The van der Waals surface area contributed by atoms with Crippen molar-refractivity contribution >= 4 is 22.7 Å². The van der Waals surface area contributed by atoms with E-state index in [1.165, 1.54) is 0 Å². The highest BCUT2D eigenvalue weighted by Crippen LogP contribution is 2.44. The lowest BCUT2D eigenvalue weighted by atomic mass is 9.95. The number of benzene rings is 2. The lowest BCUT2D eigenvalue weighted by molar-refractivity contribution is -0.125. The van der Waals surface area contributed by atoms with E-state index in [4.69, 9.17) is 4.42 Å². The van der Waals surface area contributed by atoms with E-state index in [0.717, 1.165) is 33.5 Å². The number of amides is 2. The Bertz CT molecular complexity index is 1380. The summed E-state index contributed by atoms with van der Waals surface area (Å²) in [6, 6.07) is 18.6. The van der Waals surface area contributed by atoms with Gasteiger partial charge >= 0.3 is 0 Å². The van der Waals surface area contributed by atoms with Crippen molar-refractivity contribution in [2.24, 2.45) is 7.05 Å². The zero-order valence-corrected chi connectivity index (χ0v) is 19.3. The van der Waals surface area contributed by atoms with Gasteiger partial charge in [-0.05, 0) is 50.6 Å². The summed E-state index contributed by atoms with van der Waals surface area (Å²) in [5, 5.41) is 4.03. The van der Waals surface area contributed by atoms with Crippen molar-refractivity contribution in [1.82, 2.24) is 14.8 Å². The standard InChI is InChI=1S/C27H27N3O3/c1-16-13-14-19(33-16)15-28-26(31)18(3)30-25(20-9-5-6-10-21(20)27(30)32)24-17(2)29(4)23-12-8-7-11-22(23)24/h5-14,18,25H,15H2,1-4H3,(H,28,31). The maximum absolute atomic E-state index is 13.6. The molecule has 0 saturated heterocycles. The van der Waals surface area contributed by atoms with Gasteiger partial charge in [-0.25, -0.2) is 0 Å². The highest BCUT2D eigenvalue weighted by Gasteiger charge is 2.43. The van der Waals surface area contributed by atoms with Gasteiger partial charge in [-0.2, -0.15) is 0 Å². The molecule has 3 heterocycles. The Labute approximate surface area is 192 Å². The van der Waals surface area contributed by atoms with Crippen molar-refractivity contribution < 1.29 is 14.0 Å². The summed E-state index contributed by atoms with van der Waals surface area (Å²) in [5.74, 6) is 1.14. The quantitative estimate of drug-likeness (QED) is 0.491. The molecule has 0 aliphatic carbocycles. The molecule has 0 bridgehead atoms. The number of nitrogens with one attached hydrogen (secondary N) is 1. The van der Waals surface area contributed by atoms with Crippen LogP contribution in [-0.4, -0.2) is 27.3 Å². The van der Waals surface area contributed by atoms with Crippen molar-refractivity contribution in [3.8, 4) is 0 Å². The fourth-order valence-corrected chi connectivity index (χ4v) is 4.95. The predicted molar refractivity (Wildman–Crippen MR) is 127 cm³/mol. The lowest BCUT2D eigenvalue weighted by Gasteiger charge is -2.31. The molecule has 6 heteroatoms. The van der Waals surface area contributed by atoms with Crippen LogP contribution in [0.3, 0.4) is 0 Å². The SMILES string of the molecule is Cc1ccc(CNC(=O)C(C)N2C(=O)c3ccccc3C2c2c(C)n(C)c3ccccc23)o1. The van der Waals surface area contributed by atoms with Crippen molar-refractivity contribution in [1.29, 1.82) is 0 Å². The Balaban J connectivity index is 1.56. The molecular weight excluding hydrogens is 414 g/mol. The highest BCUT2D eigenvalue weighted by atomic mass is 16.3. The highest BCUT2D eigenvalue weighted by molar-refractivity contribution is 6.03. The van der Waals surface area contributed by atoms with Crippen LogP contribution in [-0.2, 0) is 18.4 Å². The van der Waals surface area contributed by atoms with Crippen molar-refractivity contribution in [2.75, 3.05) is 0 Å². The molecule has 4 aromatic rings. The molecular formula is C27H27N3O3. The van der Waals surface area contributed by atoms with Crippen molar-refractivity contribution in [2.45, 2.75) is 39.4 Å². The van der Waals surface area contributed by atoms with E-state index in [1.807, 2.05) is 62.5 Å². The van der Waals surface area contributed by atoms with E-state index in [2.05, 4.69) is 28.9 Å². The van der Waals surface area contributed by atoms with Gasteiger partial charge in [-0.3, -0.25) is 9.59 Å². The molecule has 6 nitrogen and oxygen atoms in total. The van der Waals surface area contributed by atoms with Crippen molar-refractivity contribution in [3.05, 3.63) is 94.6 Å². The summed E-state index contributed by atoms with van der Waals surface area (Å²) in [6.45, 7) is 6.01. The molecule has 5 rings (SSSR count). The van der Waals surface area contributed by atoms with Crippen LogP contribution in [0.4, 0.5) is 0 Å². The Morgan fingerprint density at radius 1 is 1.06 bits per heavy atom. The Kier molecular flexibility index (Phi) is 5.08. The van der Waals surface area contributed by atoms with Gasteiger partial charge in [0.15, 0.2) is 0 Å². The van der Waals surface area contributed by atoms with Crippen LogP contribution in [0.5, 0.6) is 0 Å². The molecule has 2 aromatic carbocycles. The van der Waals surface area contributed by atoms with Crippen molar-refractivity contribution in [3.63, 3.8) is 0 Å². The number of carbonyl (C=O) groups excluding carboxylic acids is 2. The van der Waals surface area contributed by atoms with Crippen LogP contribution < -0.4 is 5.32 Å². The minimum atomic E-state index is -0.663. The maximum atomic E-state index is 13.6. The average molecular weight is 442 g/mol. The molecule has 0 radical (unpaired) electrons. The molecule has 1 aliphatic heterocycles. The van der Waals surface area contributed by atoms with Crippen LogP contribution in [0.15, 0.2) is 65.1 Å². The summed E-state index contributed by atoms with van der Waals surface area (Å²) >= 11 is 0. The fraction of sp³-hybridized carbons (Fsp3) is 0.259. The summed E-state index contributed by atoms with van der Waals surface area (Å²) in [6.07, 6.45) is 0. The lowest BCUT2D eigenvalue weighted by Crippen LogP contribution is -2.46. The third-order valence-corrected chi connectivity index (χ3v) is 6.75. The predicted octanol–water partition coefficient (Wildman–Crippen LogP) is 4.64. The van der Waals surface area contributed by atoms with Crippen LogP contribution in [0.25, 0.3) is 10.9 Å². The third-order valence-electron chi connectivity index (χ3n) is 6.75. The number of furan rings is 1. The zero-order valence-electron chi connectivity index (χ0n) is 19.3. The number of aromatic nitrogens is 1. The summed E-state index contributed by atoms with van der Waals surface area (Å²) in [7, 11) is 2.04. The molecule has 2 unspecified atom stereocenters. The first-order chi connectivity index (χ1) is 15.9. The largest absolute Gasteiger partial charge is 0.465 e. The van der Waals surface area contributed by atoms with E-state index in [0.29, 0.717) is 11.3 Å². The molecule has 1 aliphatic rings. The van der Waals surface area contributed by atoms with Gasteiger partial charge in [0.25, 0.3) is 5.91 Å². The molecule has 0 spiro atoms. The topological polar surface area (TPSA) is 67.5 Å². The van der Waals surface area contributed by atoms with Crippen LogP contribution in [0.1, 0.15) is 51.7 Å². The normalized spacial score (nSPS) is 16.3. The molecule has 168 valence electrons. The Morgan fingerprint density at radius 2 is 1.79 bits per heavy atom. The van der Waals surface area contributed by atoms with Gasteiger partial charge in [0.2, 0.25) is 5.91 Å². The number of aryl methyl sites for hydroxylation is 2. The summed E-state index contributed by atoms with van der Waals surface area (Å²) < 4.78 is 7.72. The number of carbonyl (C=O) groups is 2. The first-order valence-electron chi connectivity index (χ1n) is 11.2. The number of fused-ring (bicyclic) bond motifs is 2. The van der Waals surface area contributed by atoms with Gasteiger partial charge in [0.05, 0.1) is 12.6 Å². The van der Waals surface area contributed by atoms with E-state index in [9.17, 15) is 9.59 Å². The molecule has 1 N–H and O–H groups in total. The first-order valence-corrected chi connectivity index (χ1v) is 11.2. The van der Waals surface area contributed by atoms with E-state index in [-0.39, 0.29) is 24.4 Å². The van der Waals surface area contributed by atoms with E-state index < -0.39 is 6.04 Å². The van der Waals surface area contributed by atoms with Crippen LogP contribution >= 0.6 is 0 Å². The monoisotopic (exact) mass is 441 g/mol. The molecule has 0 fully saturated rings. The molecule has 2 aromatic heterocycles. The van der Waals surface area contributed by atoms with Gasteiger partial charge in [-0.1, -0.05) is 36.4 Å². The van der Waals surface area contributed by atoms with Crippen LogP contribution in [0.2, 0.25) is 0 Å². The van der Waals surface area contributed by atoms with Gasteiger partial charge in [0.1, 0.15) is 17.6 Å². The second kappa shape index (κ2) is 7.96.